The zero-order valence-electron chi connectivity index (χ0n) is 24.1. The number of aryl methyl sites for hydroxylation is 1. The first kappa shape index (κ1) is 33.7. The van der Waals surface area contributed by atoms with Gasteiger partial charge in [-0.25, -0.2) is 18.2 Å². The molecule has 0 spiro atoms. The fraction of sp³-hybridized carbons (Fsp3) is 0.714. The van der Waals surface area contributed by atoms with Gasteiger partial charge in [-0.3, -0.25) is 0 Å². The van der Waals surface area contributed by atoms with Gasteiger partial charge in [0.25, 0.3) is 0 Å². The molecule has 0 aliphatic heterocycles. The molecule has 1 atom stereocenters. The van der Waals surface area contributed by atoms with Crippen molar-refractivity contribution >= 4 is 15.8 Å². The lowest BCUT2D eigenvalue weighted by Crippen LogP contribution is -2.25. The predicted molar refractivity (Wildman–Crippen MR) is 150 cm³/mol. The molecule has 0 aliphatic rings. The van der Waals surface area contributed by atoms with E-state index in [4.69, 9.17) is 9.63 Å². The molecule has 0 bridgehead atoms. The summed E-state index contributed by atoms with van der Waals surface area (Å²) < 4.78 is 28.6. The molecule has 2 N–H and O–H groups in total. The van der Waals surface area contributed by atoms with Gasteiger partial charge in [-0.2, -0.15) is 4.98 Å². The second-order valence-electron chi connectivity index (χ2n) is 10.6. The summed E-state index contributed by atoms with van der Waals surface area (Å²) >= 11 is 0. The van der Waals surface area contributed by atoms with E-state index in [1.807, 2.05) is 6.92 Å². The van der Waals surface area contributed by atoms with Crippen LogP contribution < -0.4 is 5.32 Å². The third kappa shape index (κ3) is 14.0. The van der Waals surface area contributed by atoms with Gasteiger partial charge in [-0.1, -0.05) is 90.8 Å². The van der Waals surface area contributed by atoms with E-state index in [0.717, 1.165) is 18.8 Å². The smallest absolute Gasteiger partial charge is 0.354 e. The predicted octanol–water partition coefficient (Wildman–Crippen LogP) is 6.41. The van der Waals surface area contributed by atoms with Crippen LogP contribution >= 0.6 is 0 Å². The largest absolute Gasteiger partial charge is 0.477 e. The summed E-state index contributed by atoms with van der Waals surface area (Å²) in [7, 11) is -3.49. The monoisotopic (exact) mass is 552 g/mol. The van der Waals surface area contributed by atoms with E-state index in [-0.39, 0.29) is 28.4 Å². The van der Waals surface area contributed by atoms with Crippen LogP contribution in [0.3, 0.4) is 0 Å². The topological polar surface area (TPSA) is 135 Å². The van der Waals surface area contributed by atoms with Gasteiger partial charge in [-0.15, -0.1) is 0 Å². The van der Waals surface area contributed by atoms with Crippen molar-refractivity contribution in [3.63, 3.8) is 0 Å². The Bertz CT molecular complexity index is 1040. The number of hydrogen-bond acceptors (Lipinski definition) is 8. The molecule has 0 saturated heterocycles. The average molecular weight is 553 g/mol. The van der Waals surface area contributed by atoms with Crippen LogP contribution in [0.1, 0.15) is 121 Å². The van der Waals surface area contributed by atoms with Gasteiger partial charge in [0, 0.05) is 6.92 Å². The lowest BCUT2D eigenvalue weighted by atomic mass is 10.0. The number of aromatic carboxylic acids is 1. The van der Waals surface area contributed by atoms with Crippen molar-refractivity contribution < 1.29 is 22.8 Å². The molecule has 216 valence electrons. The number of pyridine rings is 1. The molecule has 10 heteroatoms. The highest BCUT2D eigenvalue weighted by Crippen LogP contribution is 2.19. The van der Waals surface area contributed by atoms with Gasteiger partial charge in [-0.05, 0) is 43.4 Å². The van der Waals surface area contributed by atoms with Crippen molar-refractivity contribution in [2.24, 2.45) is 11.8 Å². The van der Waals surface area contributed by atoms with Crippen molar-refractivity contribution in [2.75, 3.05) is 12.3 Å². The molecule has 2 aromatic heterocycles. The number of rotatable bonds is 17. The highest BCUT2D eigenvalue weighted by molar-refractivity contribution is 7.91. The van der Waals surface area contributed by atoms with Crippen LogP contribution in [0.4, 0.5) is 0 Å². The number of carboxylic acids is 1. The number of sulfone groups is 1. The first-order chi connectivity index (χ1) is 18.0. The number of carboxylic acid groups (broad SMARTS) is 1. The maximum Gasteiger partial charge on any atom is 0.354 e. The Hall–Kier alpha value is -2.33. The molecule has 2 rings (SSSR count). The molecule has 2 heterocycles. The summed E-state index contributed by atoms with van der Waals surface area (Å²) in [5.41, 5.74) is -0.259. The summed E-state index contributed by atoms with van der Waals surface area (Å²) in [5, 5.41) is 16.2. The van der Waals surface area contributed by atoms with Crippen LogP contribution in [0.25, 0.3) is 0 Å². The normalized spacial score (nSPS) is 12.4. The van der Waals surface area contributed by atoms with E-state index < -0.39 is 15.8 Å². The Labute approximate surface area is 229 Å². The molecule has 38 heavy (non-hydrogen) atoms. The van der Waals surface area contributed by atoms with E-state index in [1.54, 1.807) is 13.8 Å². The summed E-state index contributed by atoms with van der Waals surface area (Å²) in [6.07, 6.45) is 11.9. The molecular weight excluding hydrogens is 504 g/mol. The van der Waals surface area contributed by atoms with Gasteiger partial charge >= 0.3 is 5.97 Å². The van der Waals surface area contributed by atoms with Crippen molar-refractivity contribution in [1.82, 2.24) is 20.4 Å². The van der Waals surface area contributed by atoms with E-state index in [0.29, 0.717) is 11.8 Å². The third-order valence-electron chi connectivity index (χ3n) is 5.80. The Balaban J connectivity index is 0.000000399. The molecule has 0 saturated carbocycles. The SMILES string of the molecule is CC(C)CS(=O)(=O)c1cccc(C(=O)O)n1.CCCCCCCCCCN[C@@H](CC(C)C)c1noc(C)n1. The zero-order valence-corrected chi connectivity index (χ0v) is 24.9. The molecule has 0 fully saturated rings. The molecule has 0 amide bonds. The minimum Gasteiger partial charge on any atom is -0.477 e. The summed E-state index contributed by atoms with van der Waals surface area (Å²) in [4.78, 5) is 18.6. The first-order valence-electron chi connectivity index (χ1n) is 13.9. The fourth-order valence-corrected chi connectivity index (χ4v) is 5.55. The van der Waals surface area contributed by atoms with Crippen LogP contribution in [0.2, 0.25) is 0 Å². The number of nitrogens with one attached hydrogen (secondary N) is 1. The Morgan fingerprint density at radius 3 is 2.13 bits per heavy atom. The average Bonchev–Trinajstić information content (AvgIpc) is 3.28. The third-order valence-corrected chi connectivity index (χ3v) is 7.77. The van der Waals surface area contributed by atoms with Crippen molar-refractivity contribution in [3.05, 3.63) is 35.6 Å². The maximum absolute atomic E-state index is 11.8. The van der Waals surface area contributed by atoms with Gasteiger partial charge in [0.1, 0.15) is 5.69 Å². The van der Waals surface area contributed by atoms with Gasteiger partial charge < -0.3 is 14.9 Å². The van der Waals surface area contributed by atoms with E-state index in [1.165, 1.54) is 69.6 Å². The standard InChI is InChI=1S/C18H35N3O.C10H13NO4S/c1-5-6-7-8-9-10-11-12-13-19-17(14-15(2)3)18-20-16(4)22-21-18;1-7(2)6-16(14,15)9-5-3-4-8(11-9)10(12)13/h15,17,19H,5-14H2,1-4H3;3-5,7H,6H2,1-2H3,(H,12,13)/t17-;/m0./s1. The van der Waals surface area contributed by atoms with Crippen LogP contribution in [0, 0.1) is 18.8 Å². The summed E-state index contributed by atoms with van der Waals surface area (Å²) in [6, 6.07) is 4.17. The number of nitrogens with zero attached hydrogens (tertiary/aromatic N) is 3. The van der Waals surface area contributed by atoms with E-state index in [9.17, 15) is 13.2 Å². The number of aromatic nitrogens is 3. The van der Waals surface area contributed by atoms with Gasteiger partial charge in [0.15, 0.2) is 20.7 Å². The quantitative estimate of drug-likeness (QED) is 0.213. The lowest BCUT2D eigenvalue weighted by Gasteiger charge is -2.17. The first-order valence-corrected chi connectivity index (χ1v) is 15.6. The zero-order chi connectivity index (χ0) is 28.6. The van der Waals surface area contributed by atoms with Crippen LogP contribution in [-0.2, 0) is 9.84 Å². The molecule has 9 nitrogen and oxygen atoms in total. The Kier molecular flexibility index (Phi) is 16.0. The molecule has 0 aliphatic carbocycles. The molecule has 0 aromatic carbocycles. The minimum absolute atomic E-state index is 0.0275. The molecule has 2 aromatic rings. The summed E-state index contributed by atoms with van der Waals surface area (Å²) in [5.74, 6) is 0.781. The fourth-order valence-electron chi connectivity index (χ4n) is 3.97. The lowest BCUT2D eigenvalue weighted by molar-refractivity contribution is 0.0689. The second kappa shape index (κ2) is 18.0. The molecule has 0 unspecified atom stereocenters. The Morgan fingerprint density at radius 1 is 0.974 bits per heavy atom. The summed E-state index contributed by atoms with van der Waals surface area (Å²) in [6.45, 7) is 13.2. The minimum atomic E-state index is -3.49. The molecule has 0 radical (unpaired) electrons. The van der Waals surface area contributed by atoms with E-state index in [2.05, 4.69) is 41.2 Å². The van der Waals surface area contributed by atoms with Crippen LogP contribution in [0.5, 0.6) is 0 Å². The van der Waals surface area contributed by atoms with Gasteiger partial charge in [0.05, 0.1) is 11.8 Å². The van der Waals surface area contributed by atoms with Crippen LogP contribution in [-0.4, -0.2) is 46.9 Å². The van der Waals surface area contributed by atoms with Crippen molar-refractivity contribution in [2.45, 2.75) is 110 Å². The molecular formula is C28H48N4O5S. The number of carbonyl (C=O) groups is 1. The number of unbranched alkanes of at least 4 members (excludes halogenated alkanes) is 7. The van der Waals surface area contributed by atoms with Gasteiger partial charge in [0.2, 0.25) is 5.89 Å². The Morgan fingerprint density at radius 2 is 1.61 bits per heavy atom. The van der Waals surface area contributed by atoms with Crippen molar-refractivity contribution in [3.8, 4) is 0 Å². The van der Waals surface area contributed by atoms with Crippen LogP contribution in [0.15, 0.2) is 27.7 Å². The maximum atomic E-state index is 11.8. The van der Waals surface area contributed by atoms with Crippen molar-refractivity contribution in [1.29, 1.82) is 0 Å². The highest BCUT2D eigenvalue weighted by Gasteiger charge is 2.20. The van der Waals surface area contributed by atoms with E-state index >= 15 is 0 Å². The second-order valence-corrected chi connectivity index (χ2v) is 12.6. The number of hydrogen-bond donors (Lipinski definition) is 2. The highest BCUT2D eigenvalue weighted by atomic mass is 32.2.